The molecule has 0 unspecified atom stereocenters. The minimum absolute atomic E-state index is 0.00864. The van der Waals surface area contributed by atoms with Gasteiger partial charge in [-0.1, -0.05) is 60.7 Å². The Morgan fingerprint density at radius 3 is 2.23 bits per heavy atom. The number of amides is 1. The fourth-order valence-corrected chi connectivity index (χ4v) is 3.72. The van der Waals surface area contributed by atoms with Gasteiger partial charge in [0.2, 0.25) is 5.91 Å². The lowest BCUT2D eigenvalue weighted by atomic mass is 10.1. The van der Waals surface area contributed by atoms with Crippen LogP contribution in [-0.4, -0.2) is 10.9 Å². The molecule has 1 aromatic heterocycles. The van der Waals surface area contributed by atoms with Gasteiger partial charge in [-0.15, -0.1) is 11.3 Å². The number of allylic oxidation sites excluding steroid dienone is 3. The van der Waals surface area contributed by atoms with E-state index >= 15 is 0 Å². The Hall–Kier alpha value is -4.26. The molecule has 0 fully saturated rings. The molecule has 2 aromatic carbocycles. The second-order valence-corrected chi connectivity index (χ2v) is 7.34. The maximum atomic E-state index is 11.9. The highest BCUT2D eigenvalue weighted by molar-refractivity contribution is 7.08. The van der Waals surface area contributed by atoms with Crippen LogP contribution in [0.25, 0.3) is 22.9 Å². The number of anilines is 1. The van der Waals surface area contributed by atoms with Crippen LogP contribution in [0.5, 0.6) is 0 Å². The van der Waals surface area contributed by atoms with Gasteiger partial charge in [0.25, 0.3) is 0 Å². The Kier molecular flexibility index (Phi) is 7.26. The van der Waals surface area contributed by atoms with Gasteiger partial charge in [-0.3, -0.25) is 9.69 Å². The smallest absolute Gasteiger partial charge is 0.227 e. The van der Waals surface area contributed by atoms with E-state index in [1.165, 1.54) is 18.3 Å². The average molecular weight is 423 g/mol. The standard InChI is InChI=1S/C25H18N4OS/c1-19(30)29(22-13-7-3-8-14-22)16-10-4-9-15-23-24(20-11-5-2-6-12-20)28-25(31-23)21(17-26)18-27/h2-16H,1H3/b9-4+,16-10+,23-15+. The summed E-state index contributed by atoms with van der Waals surface area (Å²) in [4.78, 5) is 18.0. The summed E-state index contributed by atoms with van der Waals surface area (Å²) in [5.74, 6) is -0.0886. The number of rotatable bonds is 5. The normalized spacial score (nSPS) is 11.4. The van der Waals surface area contributed by atoms with Crippen molar-refractivity contribution in [3.8, 4) is 23.4 Å². The Labute approximate surface area is 184 Å². The molecule has 0 bridgehead atoms. The molecule has 3 aromatic rings. The highest BCUT2D eigenvalue weighted by Gasteiger charge is 2.07. The van der Waals surface area contributed by atoms with Crippen LogP contribution in [0.1, 0.15) is 6.92 Å². The van der Waals surface area contributed by atoms with Crippen molar-refractivity contribution in [1.82, 2.24) is 4.98 Å². The number of carbonyl (C=O) groups is 1. The lowest BCUT2D eigenvalue weighted by Gasteiger charge is -2.15. The van der Waals surface area contributed by atoms with E-state index < -0.39 is 0 Å². The average Bonchev–Trinajstić information content (AvgIpc) is 3.22. The molecule has 0 spiro atoms. The third-order valence-corrected chi connectivity index (χ3v) is 5.25. The SMILES string of the molecule is CC(=O)N(/C=C/C=C/C=c1/sc(=C(C#N)C#N)nc1-c1ccccc1)c1ccccc1. The molecule has 6 heteroatoms. The molecule has 150 valence electrons. The van der Waals surface area contributed by atoms with Crippen LogP contribution in [0, 0.1) is 22.7 Å². The minimum Gasteiger partial charge on any atom is -0.288 e. The van der Waals surface area contributed by atoms with Gasteiger partial charge in [0.05, 0.1) is 10.2 Å². The van der Waals surface area contributed by atoms with Crippen LogP contribution in [0.2, 0.25) is 0 Å². The fourth-order valence-electron chi connectivity index (χ4n) is 2.78. The van der Waals surface area contributed by atoms with E-state index in [9.17, 15) is 15.3 Å². The van der Waals surface area contributed by atoms with Gasteiger partial charge in [0.1, 0.15) is 16.8 Å². The molecule has 0 aliphatic rings. The quantitative estimate of drug-likeness (QED) is 0.584. The van der Waals surface area contributed by atoms with Crippen LogP contribution < -0.4 is 14.1 Å². The first-order chi connectivity index (χ1) is 15.1. The molecule has 0 atom stereocenters. The minimum atomic E-state index is -0.0886. The molecule has 0 saturated heterocycles. The van der Waals surface area contributed by atoms with Gasteiger partial charge in [0, 0.05) is 24.4 Å². The van der Waals surface area contributed by atoms with Crippen molar-refractivity contribution in [3.63, 3.8) is 0 Å². The van der Waals surface area contributed by atoms with E-state index in [-0.39, 0.29) is 11.5 Å². The molecule has 3 rings (SSSR count). The molecule has 5 nitrogen and oxygen atoms in total. The first-order valence-corrected chi connectivity index (χ1v) is 10.2. The van der Waals surface area contributed by atoms with E-state index in [1.54, 1.807) is 17.2 Å². The van der Waals surface area contributed by atoms with Crippen molar-refractivity contribution in [2.24, 2.45) is 0 Å². The lowest BCUT2D eigenvalue weighted by Crippen LogP contribution is -2.21. The summed E-state index contributed by atoms with van der Waals surface area (Å²) in [6.45, 7) is 1.51. The molecule has 0 saturated carbocycles. The van der Waals surface area contributed by atoms with Gasteiger partial charge in [-0.2, -0.15) is 10.5 Å². The van der Waals surface area contributed by atoms with Crippen molar-refractivity contribution in [3.05, 3.63) is 94.3 Å². The third-order valence-electron chi connectivity index (χ3n) is 4.22. The molecule has 31 heavy (non-hydrogen) atoms. The number of thiazole rings is 1. The van der Waals surface area contributed by atoms with Crippen molar-refractivity contribution < 1.29 is 4.79 Å². The molecule has 0 N–H and O–H groups in total. The van der Waals surface area contributed by atoms with E-state index in [1.807, 2.05) is 91.0 Å². The number of aromatic nitrogens is 1. The maximum absolute atomic E-state index is 11.9. The second-order valence-electron chi connectivity index (χ2n) is 6.31. The fraction of sp³-hybridized carbons (Fsp3) is 0.0400. The monoisotopic (exact) mass is 422 g/mol. The summed E-state index contributed by atoms with van der Waals surface area (Å²) in [6.07, 6.45) is 9.00. The van der Waals surface area contributed by atoms with E-state index in [0.29, 0.717) is 10.4 Å². The topological polar surface area (TPSA) is 80.8 Å². The predicted octanol–water partition coefficient (Wildman–Crippen LogP) is 3.91. The zero-order valence-corrected chi connectivity index (χ0v) is 17.6. The van der Waals surface area contributed by atoms with E-state index in [0.717, 1.165) is 15.8 Å². The van der Waals surface area contributed by atoms with Crippen molar-refractivity contribution in [2.75, 3.05) is 4.90 Å². The number of benzene rings is 2. The summed E-state index contributed by atoms with van der Waals surface area (Å²) in [7, 11) is 0. The van der Waals surface area contributed by atoms with Crippen molar-refractivity contribution in [2.45, 2.75) is 6.92 Å². The second kappa shape index (κ2) is 10.5. The van der Waals surface area contributed by atoms with Crippen LogP contribution in [-0.2, 0) is 4.79 Å². The summed E-state index contributed by atoms with van der Waals surface area (Å²) in [6, 6.07) is 22.8. The summed E-state index contributed by atoms with van der Waals surface area (Å²) in [5.41, 5.74) is 2.40. The maximum Gasteiger partial charge on any atom is 0.227 e. The predicted molar refractivity (Wildman–Crippen MR) is 124 cm³/mol. The first kappa shape index (κ1) is 21.4. The van der Waals surface area contributed by atoms with Gasteiger partial charge >= 0.3 is 0 Å². The van der Waals surface area contributed by atoms with Gasteiger partial charge in [-0.05, 0) is 24.3 Å². The number of hydrogen-bond acceptors (Lipinski definition) is 5. The summed E-state index contributed by atoms with van der Waals surface area (Å²) >= 11 is 1.29. The van der Waals surface area contributed by atoms with Gasteiger partial charge in [-0.25, -0.2) is 4.98 Å². The van der Waals surface area contributed by atoms with Crippen molar-refractivity contribution >= 4 is 34.6 Å². The largest absolute Gasteiger partial charge is 0.288 e. The van der Waals surface area contributed by atoms with Crippen LogP contribution in [0.3, 0.4) is 0 Å². The van der Waals surface area contributed by atoms with E-state index in [2.05, 4.69) is 4.98 Å². The summed E-state index contributed by atoms with van der Waals surface area (Å²) < 4.78 is 1.23. The van der Waals surface area contributed by atoms with Crippen LogP contribution in [0.4, 0.5) is 5.69 Å². The molecule has 1 amide bonds. The van der Waals surface area contributed by atoms with Crippen LogP contribution in [0.15, 0.2) is 85.1 Å². The highest BCUT2D eigenvalue weighted by atomic mass is 32.1. The molecule has 1 heterocycles. The van der Waals surface area contributed by atoms with Gasteiger partial charge < -0.3 is 0 Å². The Morgan fingerprint density at radius 2 is 1.61 bits per heavy atom. The zero-order valence-electron chi connectivity index (χ0n) is 16.8. The summed E-state index contributed by atoms with van der Waals surface area (Å²) in [5, 5.41) is 18.4. The number of hydrogen-bond donors (Lipinski definition) is 0. The highest BCUT2D eigenvalue weighted by Crippen LogP contribution is 2.14. The number of para-hydroxylation sites is 1. The van der Waals surface area contributed by atoms with E-state index in [4.69, 9.17) is 0 Å². The first-order valence-electron chi connectivity index (χ1n) is 9.41. The molecule has 0 aliphatic carbocycles. The third kappa shape index (κ3) is 5.42. The lowest BCUT2D eigenvalue weighted by molar-refractivity contribution is -0.116. The Bertz CT molecular complexity index is 1310. The van der Waals surface area contributed by atoms with Crippen LogP contribution >= 0.6 is 11.3 Å². The molecular formula is C25H18N4OS. The van der Waals surface area contributed by atoms with Gasteiger partial charge in [0.15, 0.2) is 5.57 Å². The Morgan fingerprint density at radius 1 is 0.968 bits per heavy atom. The number of nitriles is 2. The molecule has 0 radical (unpaired) electrons. The number of nitrogens with zero attached hydrogens (tertiary/aromatic N) is 4. The molecular weight excluding hydrogens is 404 g/mol. The Balaban J connectivity index is 1.95. The molecule has 0 aliphatic heterocycles. The van der Waals surface area contributed by atoms with Crippen molar-refractivity contribution in [1.29, 1.82) is 10.5 Å². The zero-order chi connectivity index (χ0) is 22.1. The number of carbonyl (C=O) groups excluding carboxylic acids is 1.